The molecule has 24 heavy (non-hydrogen) atoms. The first-order valence-electron chi connectivity index (χ1n) is 7.83. The second-order valence-corrected chi connectivity index (χ2v) is 5.82. The first kappa shape index (κ1) is 16.1. The first-order chi connectivity index (χ1) is 11.6. The maximum atomic E-state index is 11.2. The highest BCUT2D eigenvalue weighted by molar-refractivity contribution is 5.89. The quantitative estimate of drug-likeness (QED) is 0.825. The average molecular weight is 325 g/mol. The van der Waals surface area contributed by atoms with Gasteiger partial charge in [-0.1, -0.05) is 31.2 Å². The van der Waals surface area contributed by atoms with Crippen LogP contribution in [0, 0.1) is 5.92 Å². The van der Waals surface area contributed by atoms with Gasteiger partial charge in [0.15, 0.2) is 11.5 Å². The van der Waals surface area contributed by atoms with Crippen LogP contribution in [0.2, 0.25) is 0 Å². The molecule has 3 rings (SSSR count). The molecule has 1 aliphatic heterocycles. The van der Waals surface area contributed by atoms with Crippen molar-refractivity contribution in [3.63, 3.8) is 0 Å². The van der Waals surface area contributed by atoms with Gasteiger partial charge in [0, 0.05) is 6.21 Å². The predicted octanol–water partition coefficient (Wildman–Crippen LogP) is 3.56. The summed E-state index contributed by atoms with van der Waals surface area (Å²) in [6.45, 7) is 2.73. The van der Waals surface area contributed by atoms with Gasteiger partial charge in [-0.25, -0.2) is 4.79 Å². The Balaban J connectivity index is 1.60. The lowest BCUT2D eigenvalue weighted by atomic mass is 10.0. The monoisotopic (exact) mass is 325 g/mol. The fourth-order valence-electron chi connectivity index (χ4n) is 2.69. The Morgan fingerprint density at radius 1 is 1.25 bits per heavy atom. The van der Waals surface area contributed by atoms with Crippen molar-refractivity contribution in [2.24, 2.45) is 10.9 Å². The maximum Gasteiger partial charge on any atom is 0.336 e. The lowest BCUT2D eigenvalue weighted by Crippen LogP contribution is -2.03. The van der Waals surface area contributed by atoms with Crippen LogP contribution >= 0.6 is 0 Å². The number of carboxylic acid groups (broad SMARTS) is 1. The van der Waals surface area contributed by atoms with E-state index in [4.69, 9.17) is 9.47 Å². The number of nitrogens with zero attached hydrogens (tertiary/aromatic N) is 1. The molecule has 2 aromatic rings. The molecule has 0 amide bonds. The van der Waals surface area contributed by atoms with E-state index < -0.39 is 5.97 Å². The Morgan fingerprint density at radius 2 is 2.04 bits per heavy atom. The number of carbonyl (C=O) groups is 1. The highest BCUT2D eigenvalue weighted by Gasteiger charge is 2.14. The van der Waals surface area contributed by atoms with Crippen LogP contribution in [0.1, 0.15) is 28.4 Å². The number of aromatic carboxylic acids is 1. The summed E-state index contributed by atoms with van der Waals surface area (Å²) in [6.07, 6.45) is 2.71. The van der Waals surface area contributed by atoms with E-state index in [1.54, 1.807) is 18.2 Å². The summed E-state index contributed by atoms with van der Waals surface area (Å²) in [5, 5.41) is 9.17. The second kappa shape index (κ2) is 7.17. The molecule has 0 aliphatic carbocycles. The van der Waals surface area contributed by atoms with Crippen LogP contribution in [0.15, 0.2) is 47.5 Å². The molecule has 0 saturated heterocycles. The van der Waals surface area contributed by atoms with E-state index in [9.17, 15) is 9.90 Å². The molecule has 0 saturated carbocycles. The van der Waals surface area contributed by atoms with Crippen LogP contribution in [0.5, 0.6) is 11.5 Å². The summed E-state index contributed by atoms with van der Waals surface area (Å²) >= 11 is 0. The zero-order valence-corrected chi connectivity index (χ0v) is 13.4. The molecule has 2 aromatic carbocycles. The first-order valence-corrected chi connectivity index (χ1v) is 7.83. The third kappa shape index (κ3) is 3.74. The number of hydrogen-bond acceptors (Lipinski definition) is 4. The molecule has 124 valence electrons. The predicted molar refractivity (Wildman–Crippen MR) is 91.0 cm³/mol. The highest BCUT2D eigenvalue weighted by Crippen LogP contribution is 2.33. The summed E-state index contributed by atoms with van der Waals surface area (Å²) in [5.41, 5.74) is 2.18. The highest BCUT2D eigenvalue weighted by atomic mass is 16.7. The number of carboxylic acids is 1. The van der Waals surface area contributed by atoms with E-state index in [0.29, 0.717) is 12.1 Å². The van der Waals surface area contributed by atoms with Gasteiger partial charge in [0.05, 0.1) is 12.1 Å². The van der Waals surface area contributed by atoms with Gasteiger partial charge in [-0.3, -0.25) is 4.99 Å². The number of rotatable bonds is 6. The van der Waals surface area contributed by atoms with E-state index in [1.165, 1.54) is 0 Å². The lowest BCUT2D eigenvalue weighted by Gasteiger charge is -2.07. The van der Waals surface area contributed by atoms with Crippen molar-refractivity contribution in [1.82, 2.24) is 0 Å². The van der Waals surface area contributed by atoms with Gasteiger partial charge in [0.2, 0.25) is 6.79 Å². The van der Waals surface area contributed by atoms with Crippen LogP contribution < -0.4 is 9.47 Å². The van der Waals surface area contributed by atoms with E-state index in [1.807, 2.05) is 30.5 Å². The zero-order valence-electron chi connectivity index (χ0n) is 13.4. The van der Waals surface area contributed by atoms with Crippen molar-refractivity contribution in [1.29, 1.82) is 0 Å². The van der Waals surface area contributed by atoms with Gasteiger partial charge in [-0.15, -0.1) is 0 Å². The molecule has 1 heterocycles. The summed E-state index contributed by atoms with van der Waals surface area (Å²) < 4.78 is 10.7. The van der Waals surface area contributed by atoms with Crippen LogP contribution in [-0.2, 0) is 13.0 Å². The van der Waals surface area contributed by atoms with Crippen molar-refractivity contribution in [2.75, 3.05) is 6.79 Å². The number of fused-ring (bicyclic) bond motifs is 1. The SMILES string of the molecule is CC(C=NCc1ccccc1C(=O)O)Cc1ccc2c(c1)OCO2. The fraction of sp³-hybridized carbons (Fsp3) is 0.263. The van der Waals surface area contributed by atoms with Gasteiger partial charge in [-0.2, -0.15) is 0 Å². The Morgan fingerprint density at radius 3 is 2.88 bits per heavy atom. The van der Waals surface area contributed by atoms with Crippen LogP contribution in [-0.4, -0.2) is 24.1 Å². The van der Waals surface area contributed by atoms with Crippen LogP contribution in [0.25, 0.3) is 0 Å². The topological polar surface area (TPSA) is 68.1 Å². The van der Waals surface area contributed by atoms with Crippen molar-refractivity contribution in [3.05, 3.63) is 59.2 Å². The molecule has 0 radical (unpaired) electrons. The standard InChI is InChI=1S/C19H19NO4/c1-13(8-14-6-7-17-18(9-14)24-12-23-17)10-20-11-15-4-2-3-5-16(15)19(21)22/h2-7,9-10,13H,8,11-12H2,1H3,(H,21,22). The Kier molecular flexibility index (Phi) is 4.79. The van der Waals surface area contributed by atoms with Crippen LogP contribution in [0.3, 0.4) is 0 Å². The van der Waals surface area contributed by atoms with Crippen molar-refractivity contribution >= 4 is 12.2 Å². The molecule has 5 heteroatoms. The van der Waals surface area contributed by atoms with E-state index in [0.717, 1.165) is 29.0 Å². The smallest absolute Gasteiger partial charge is 0.336 e. The summed E-state index contributed by atoms with van der Waals surface area (Å²) in [6, 6.07) is 12.9. The van der Waals surface area contributed by atoms with Crippen molar-refractivity contribution in [3.8, 4) is 11.5 Å². The third-order valence-electron chi connectivity index (χ3n) is 3.86. The second-order valence-electron chi connectivity index (χ2n) is 5.82. The lowest BCUT2D eigenvalue weighted by molar-refractivity contribution is 0.0695. The minimum absolute atomic E-state index is 0.238. The maximum absolute atomic E-state index is 11.2. The normalized spacial score (nSPS) is 14.0. The number of benzene rings is 2. The summed E-state index contributed by atoms with van der Waals surface area (Å²) in [5.74, 6) is 0.883. The molecule has 1 atom stereocenters. The third-order valence-corrected chi connectivity index (χ3v) is 3.86. The number of aliphatic imine (C=N–C) groups is 1. The average Bonchev–Trinajstić information content (AvgIpc) is 3.03. The van der Waals surface area contributed by atoms with Crippen molar-refractivity contribution in [2.45, 2.75) is 19.9 Å². The van der Waals surface area contributed by atoms with Gasteiger partial charge in [-0.05, 0) is 41.7 Å². The van der Waals surface area contributed by atoms with Gasteiger partial charge in [0.1, 0.15) is 0 Å². The zero-order chi connectivity index (χ0) is 16.9. The Bertz CT molecular complexity index is 770. The van der Waals surface area contributed by atoms with Gasteiger partial charge >= 0.3 is 5.97 Å². The van der Waals surface area contributed by atoms with Gasteiger partial charge in [0.25, 0.3) is 0 Å². The molecule has 1 unspecified atom stereocenters. The molecule has 5 nitrogen and oxygen atoms in total. The number of hydrogen-bond donors (Lipinski definition) is 1. The van der Waals surface area contributed by atoms with Crippen molar-refractivity contribution < 1.29 is 19.4 Å². The van der Waals surface area contributed by atoms with Crippen LogP contribution in [0.4, 0.5) is 0 Å². The molecule has 0 bridgehead atoms. The molecule has 0 aromatic heterocycles. The molecule has 1 N–H and O–H groups in total. The number of ether oxygens (including phenoxy) is 2. The molecule has 0 spiro atoms. The molecule has 1 aliphatic rings. The largest absolute Gasteiger partial charge is 0.478 e. The Hall–Kier alpha value is -2.82. The summed E-state index contributed by atoms with van der Waals surface area (Å²) in [4.78, 5) is 15.6. The van der Waals surface area contributed by atoms with E-state index in [2.05, 4.69) is 11.9 Å². The Labute approximate surface area is 140 Å². The van der Waals surface area contributed by atoms with E-state index in [-0.39, 0.29) is 12.7 Å². The van der Waals surface area contributed by atoms with Gasteiger partial charge < -0.3 is 14.6 Å². The minimum atomic E-state index is -0.922. The summed E-state index contributed by atoms with van der Waals surface area (Å²) in [7, 11) is 0. The molecule has 0 fully saturated rings. The fourth-order valence-corrected chi connectivity index (χ4v) is 2.69. The van der Waals surface area contributed by atoms with E-state index >= 15 is 0 Å². The molecular formula is C19H19NO4. The minimum Gasteiger partial charge on any atom is -0.478 e. The molecular weight excluding hydrogens is 306 g/mol.